The Morgan fingerprint density at radius 1 is 1.20 bits per heavy atom. The van der Waals surface area contributed by atoms with Crippen molar-refractivity contribution in [3.05, 3.63) is 54.3 Å². The third kappa shape index (κ3) is 2.83. The van der Waals surface area contributed by atoms with E-state index in [-0.39, 0.29) is 12.0 Å². The Morgan fingerprint density at radius 2 is 2.04 bits per heavy atom. The number of hydrazine groups is 2. The van der Waals surface area contributed by atoms with Crippen molar-refractivity contribution in [3.63, 3.8) is 0 Å². The third-order valence-electron chi connectivity index (χ3n) is 3.66. The van der Waals surface area contributed by atoms with Crippen molar-refractivity contribution in [1.29, 1.82) is 0 Å². The zero-order chi connectivity index (χ0) is 17.2. The number of amides is 2. The summed E-state index contributed by atoms with van der Waals surface area (Å²) < 4.78 is 5.37. The fourth-order valence-electron chi connectivity index (χ4n) is 2.50. The molecule has 0 saturated heterocycles. The number of hydrogen-bond acceptors (Lipinski definition) is 7. The SMILES string of the molecule is Nc1nc(-c2ccco2)c2c(n1)N(C(=O)NCc1ccccc1)NN2. The van der Waals surface area contributed by atoms with Gasteiger partial charge in [-0.05, 0) is 17.7 Å². The van der Waals surface area contributed by atoms with Crippen molar-refractivity contribution in [3.8, 4) is 11.5 Å². The molecule has 1 aliphatic heterocycles. The van der Waals surface area contributed by atoms with Crippen LogP contribution < -0.4 is 27.0 Å². The Hall–Kier alpha value is -3.59. The van der Waals surface area contributed by atoms with Gasteiger partial charge in [0.1, 0.15) is 11.4 Å². The lowest BCUT2D eigenvalue weighted by atomic mass is 10.2. The number of furan rings is 1. The molecule has 2 aromatic heterocycles. The first-order chi connectivity index (χ1) is 12.2. The normalized spacial score (nSPS) is 12.6. The number of urea groups is 1. The fourth-order valence-corrected chi connectivity index (χ4v) is 2.50. The quantitative estimate of drug-likeness (QED) is 0.575. The minimum atomic E-state index is -0.376. The molecule has 3 heterocycles. The molecule has 126 valence electrons. The molecule has 0 radical (unpaired) electrons. The number of rotatable bonds is 3. The van der Waals surface area contributed by atoms with Crippen LogP contribution in [0.15, 0.2) is 53.1 Å². The van der Waals surface area contributed by atoms with E-state index in [1.54, 1.807) is 12.1 Å². The Morgan fingerprint density at radius 3 is 2.80 bits per heavy atom. The summed E-state index contributed by atoms with van der Waals surface area (Å²) in [4.78, 5) is 20.8. The van der Waals surface area contributed by atoms with Crippen molar-refractivity contribution < 1.29 is 9.21 Å². The number of aromatic nitrogens is 2. The number of benzene rings is 1. The summed E-state index contributed by atoms with van der Waals surface area (Å²) >= 11 is 0. The van der Waals surface area contributed by atoms with Crippen LogP contribution >= 0.6 is 0 Å². The van der Waals surface area contributed by atoms with Crippen molar-refractivity contribution in [1.82, 2.24) is 20.8 Å². The van der Waals surface area contributed by atoms with Crippen LogP contribution in [-0.4, -0.2) is 16.0 Å². The van der Waals surface area contributed by atoms with Gasteiger partial charge in [0, 0.05) is 6.54 Å². The molecule has 5 N–H and O–H groups in total. The first-order valence-corrected chi connectivity index (χ1v) is 7.57. The van der Waals surface area contributed by atoms with E-state index in [2.05, 4.69) is 26.2 Å². The molecule has 0 unspecified atom stereocenters. The van der Waals surface area contributed by atoms with Gasteiger partial charge in [-0.15, -0.1) is 5.53 Å². The standard InChI is InChI=1S/C16H15N7O2/c17-15-19-12(11-7-4-8-25-11)13-14(20-15)23(22-21-13)16(24)18-9-10-5-2-1-3-6-10/h1-8,21-22H,9H2,(H,18,24)(H2,17,19,20). The van der Waals surface area contributed by atoms with E-state index >= 15 is 0 Å². The first kappa shape index (κ1) is 15.0. The zero-order valence-electron chi connectivity index (χ0n) is 13.1. The molecule has 2 amide bonds. The van der Waals surface area contributed by atoms with Crippen molar-refractivity contribution >= 4 is 23.5 Å². The molecule has 1 aromatic carbocycles. The summed E-state index contributed by atoms with van der Waals surface area (Å²) in [7, 11) is 0. The van der Waals surface area contributed by atoms with E-state index in [0.29, 0.717) is 29.5 Å². The van der Waals surface area contributed by atoms with E-state index in [9.17, 15) is 4.79 Å². The Labute approximate surface area is 142 Å². The van der Waals surface area contributed by atoms with Gasteiger partial charge in [-0.1, -0.05) is 30.3 Å². The Balaban J connectivity index is 1.58. The smallest absolute Gasteiger partial charge is 0.339 e. The van der Waals surface area contributed by atoms with E-state index < -0.39 is 0 Å². The number of nitrogens with zero attached hydrogens (tertiary/aromatic N) is 3. The lowest BCUT2D eigenvalue weighted by molar-refractivity contribution is 0.244. The molecule has 0 fully saturated rings. The molecule has 4 rings (SSSR count). The topological polar surface area (TPSA) is 121 Å². The molecular weight excluding hydrogens is 322 g/mol. The fraction of sp³-hybridized carbons (Fsp3) is 0.0625. The number of nitrogen functional groups attached to an aromatic ring is 1. The van der Waals surface area contributed by atoms with Gasteiger partial charge in [0.25, 0.3) is 0 Å². The van der Waals surface area contributed by atoms with Gasteiger partial charge < -0.3 is 15.5 Å². The monoisotopic (exact) mass is 337 g/mol. The van der Waals surface area contributed by atoms with Crippen molar-refractivity contribution in [2.75, 3.05) is 16.2 Å². The molecule has 9 nitrogen and oxygen atoms in total. The van der Waals surface area contributed by atoms with Gasteiger partial charge in [-0.25, -0.2) is 9.78 Å². The number of fused-ring (bicyclic) bond motifs is 1. The molecule has 1 aliphatic rings. The van der Waals surface area contributed by atoms with Crippen LogP contribution in [0, 0.1) is 0 Å². The van der Waals surface area contributed by atoms with Gasteiger partial charge in [0.15, 0.2) is 11.6 Å². The predicted octanol–water partition coefficient (Wildman–Crippen LogP) is 1.88. The first-order valence-electron chi connectivity index (χ1n) is 7.57. The molecule has 0 aliphatic carbocycles. The number of nitrogens with two attached hydrogens (primary N) is 1. The van der Waals surface area contributed by atoms with Crippen LogP contribution in [0.4, 0.5) is 22.2 Å². The average Bonchev–Trinajstić information content (AvgIpc) is 3.29. The minimum absolute atomic E-state index is 0.0384. The summed E-state index contributed by atoms with van der Waals surface area (Å²) in [6.45, 7) is 0.388. The number of carbonyl (C=O) groups excluding carboxylic acids is 1. The molecular formula is C16H15N7O2. The van der Waals surface area contributed by atoms with Gasteiger partial charge >= 0.3 is 6.03 Å². The molecule has 0 saturated carbocycles. The largest absolute Gasteiger partial charge is 0.463 e. The maximum atomic E-state index is 12.5. The highest BCUT2D eigenvalue weighted by atomic mass is 16.3. The highest BCUT2D eigenvalue weighted by Crippen LogP contribution is 2.36. The van der Waals surface area contributed by atoms with E-state index in [0.717, 1.165) is 5.56 Å². The third-order valence-corrected chi connectivity index (χ3v) is 3.66. The maximum Gasteiger partial charge on any atom is 0.339 e. The van der Waals surface area contributed by atoms with Gasteiger partial charge in [0.2, 0.25) is 5.95 Å². The lowest BCUT2D eigenvalue weighted by Gasteiger charge is -2.15. The molecule has 0 spiro atoms. The van der Waals surface area contributed by atoms with Crippen LogP contribution in [0.3, 0.4) is 0 Å². The van der Waals surface area contributed by atoms with Gasteiger partial charge in [-0.2, -0.15) is 9.99 Å². The Kier molecular flexibility index (Phi) is 3.67. The second-order valence-corrected chi connectivity index (χ2v) is 5.32. The van der Waals surface area contributed by atoms with Crippen LogP contribution in [0.5, 0.6) is 0 Å². The summed E-state index contributed by atoms with van der Waals surface area (Å²) in [6, 6.07) is 12.7. The average molecular weight is 337 g/mol. The van der Waals surface area contributed by atoms with E-state index in [1.165, 1.54) is 11.3 Å². The van der Waals surface area contributed by atoms with Gasteiger partial charge in [-0.3, -0.25) is 5.43 Å². The Bertz CT molecular complexity index is 896. The van der Waals surface area contributed by atoms with Crippen molar-refractivity contribution in [2.24, 2.45) is 0 Å². The maximum absolute atomic E-state index is 12.5. The summed E-state index contributed by atoms with van der Waals surface area (Å²) in [5.74, 6) is 0.882. The van der Waals surface area contributed by atoms with Gasteiger partial charge in [0.05, 0.1) is 6.26 Å². The second kappa shape index (κ2) is 6.13. The summed E-state index contributed by atoms with van der Waals surface area (Å²) in [6.07, 6.45) is 1.53. The summed E-state index contributed by atoms with van der Waals surface area (Å²) in [5, 5.41) is 4.05. The van der Waals surface area contributed by atoms with E-state index in [4.69, 9.17) is 10.2 Å². The van der Waals surface area contributed by atoms with Crippen molar-refractivity contribution in [2.45, 2.75) is 6.54 Å². The van der Waals surface area contributed by atoms with Crippen LogP contribution in [0.1, 0.15) is 5.56 Å². The molecule has 0 bridgehead atoms. The highest BCUT2D eigenvalue weighted by Gasteiger charge is 2.30. The highest BCUT2D eigenvalue weighted by molar-refractivity contribution is 5.98. The summed E-state index contributed by atoms with van der Waals surface area (Å²) in [5.41, 5.74) is 13.4. The lowest BCUT2D eigenvalue weighted by Crippen LogP contribution is -2.47. The van der Waals surface area contributed by atoms with E-state index in [1.807, 2.05) is 30.3 Å². The molecule has 25 heavy (non-hydrogen) atoms. The van der Waals surface area contributed by atoms with Crippen LogP contribution in [-0.2, 0) is 6.54 Å². The number of nitrogens with one attached hydrogen (secondary N) is 3. The number of hydrogen-bond donors (Lipinski definition) is 4. The number of anilines is 3. The molecule has 3 aromatic rings. The molecule has 9 heteroatoms. The zero-order valence-corrected chi connectivity index (χ0v) is 13.1. The predicted molar refractivity (Wildman–Crippen MR) is 92.1 cm³/mol. The minimum Gasteiger partial charge on any atom is -0.463 e. The van der Waals surface area contributed by atoms with Crippen LogP contribution in [0.2, 0.25) is 0 Å². The second-order valence-electron chi connectivity index (χ2n) is 5.32. The van der Waals surface area contributed by atoms with Crippen LogP contribution in [0.25, 0.3) is 11.5 Å². The molecule has 0 atom stereocenters. The number of carbonyl (C=O) groups is 1.